The maximum absolute atomic E-state index is 13.5. The number of nitrogens with zero attached hydrogens (tertiary/aromatic N) is 2. The van der Waals surface area contributed by atoms with Gasteiger partial charge in [-0.25, -0.2) is 13.9 Å². The molecule has 0 saturated carbocycles. The van der Waals surface area contributed by atoms with E-state index in [0.717, 1.165) is 5.56 Å². The second-order valence-corrected chi connectivity index (χ2v) is 5.02. The lowest BCUT2D eigenvalue weighted by Gasteiger charge is -2.03. The summed E-state index contributed by atoms with van der Waals surface area (Å²) in [6, 6.07) is 13.0. The summed E-state index contributed by atoms with van der Waals surface area (Å²) in [5.74, 6) is -1.30. The van der Waals surface area contributed by atoms with E-state index in [4.69, 9.17) is 5.11 Å². The van der Waals surface area contributed by atoms with E-state index in [1.165, 1.54) is 18.2 Å². The van der Waals surface area contributed by atoms with Gasteiger partial charge in [0.2, 0.25) is 0 Å². The molecule has 0 spiro atoms. The molecular weight excluding hydrogens is 283 g/mol. The highest BCUT2D eigenvalue weighted by Gasteiger charge is 2.08. The molecule has 4 nitrogen and oxygen atoms in total. The van der Waals surface area contributed by atoms with Gasteiger partial charge < -0.3 is 5.11 Å². The monoisotopic (exact) mass is 296 g/mol. The van der Waals surface area contributed by atoms with Crippen LogP contribution in [-0.2, 0) is 0 Å². The van der Waals surface area contributed by atoms with Crippen molar-refractivity contribution in [2.45, 2.75) is 6.92 Å². The lowest BCUT2D eigenvalue weighted by atomic mass is 10.1. The van der Waals surface area contributed by atoms with Crippen molar-refractivity contribution in [3.05, 3.63) is 71.7 Å². The number of benzene rings is 2. The Balaban J connectivity index is 2.00. The van der Waals surface area contributed by atoms with Gasteiger partial charge in [-0.1, -0.05) is 12.1 Å². The zero-order chi connectivity index (χ0) is 15.7. The molecule has 0 amide bonds. The highest BCUT2D eigenvalue weighted by Crippen LogP contribution is 2.20. The number of carboxylic acid groups (broad SMARTS) is 1. The fourth-order valence-corrected chi connectivity index (χ4v) is 2.28. The van der Waals surface area contributed by atoms with E-state index in [0.29, 0.717) is 16.9 Å². The second kappa shape index (κ2) is 5.44. The predicted molar refractivity (Wildman–Crippen MR) is 80.7 cm³/mol. The Morgan fingerprint density at radius 2 is 2.00 bits per heavy atom. The van der Waals surface area contributed by atoms with Crippen molar-refractivity contribution in [1.29, 1.82) is 0 Å². The maximum atomic E-state index is 13.5. The van der Waals surface area contributed by atoms with Crippen molar-refractivity contribution in [1.82, 2.24) is 9.78 Å². The largest absolute Gasteiger partial charge is 0.478 e. The first kappa shape index (κ1) is 14.0. The fourth-order valence-electron chi connectivity index (χ4n) is 2.28. The van der Waals surface area contributed by atoms with E-state index in [1.54, 1.807) is 35.1 Å². The summed E-state index contributed by atoms with van der Waals surface area (Å²) in [4.78, 5) is 11.0. The zero-order valence-electron chi connectivity index (χ0n) is 11.8. The molecule has 1 heterocycles. The number of aryl methyl sites for hydroxylation is 1. The molecule has 0 bridgehead atoms. The summed E-state index contributed by atoms with van der Waals surface area (Å²) in [5.41, 5.74) is 2.96. The van der Waals surface area contributed by atoms with Gasteiger partial charge >= 0.3 is 5.97 Å². The summed E-state index contributed by atoms with van der Waals surface area (Å²) in [5, 5.41) is 13.4. The molecule has 0 saturated heterocycles. The van der Waals surface area contributed by atoms with Crippen LogP contribution in [0.5, 0.6) is 0 Å². The third-order valence-electron chi connectivity index (χ3n) is 3.29. The lowest BCUT2D eigenvalue weighted by Crippen LogP contribution is -1.98. The van der Waals surface area contributed by atoms with Crippen molar-refractivity contribution < 1.29 is 14.3 Å². The smallest absolute Gasteiger partial charge is 0.335 e. The predicted octanol–water partition coefficient (Wildman–Crippen LogP) is 3.69. The van der Waals surface area contributed by atoms with Gasteiger partial charge in [0.25, 0.3) is 0 Å². The van der Waals surface area contributed by atoms with Crippen molar-refractivity contribution in [3.8, 4) is 16.9 Å². The average molecular weight is 296 g/mol. The highest BCUT2D eigenvalue weighted by atomic mass is 19.1. The van der Waals surface area contributed by atoms with Gasteiger partial charge in [-0.2, -0.15) is 5.10 Å². The van der Waals surface area contributed by atoms with Crippen LogP contribution in [0, 0.1) is 12.7 Å². The van der Waals surface area contributed by atoms with Crippen molar-refractivity contribution >= 4 is 5.97 Å². The number of carboxylic acids is 1. The number of hydrogen-bond acceptors (Lipinski definition) is 2. The van der Waals surface area contributed by atoms with E-state index in [1.807, 2.05) is 13.0 Å². The van der Waals surface area contributed by atoms with Gasteiger partial charge in [-0.3, -0.25) is 0 Å². The number of halogens is 1. The van der Waals surface area contributed by atoms with Crippen molar-refractivity contribution in [2.24, 2.45) is 0 Å². The summed E-state index contributed by atoms with van der Waals surface area (Å²) in [6.45, 7) is 1.81. The summed E-state index contributed by atoms with van der Waals surface area (Å²) in [7, 11) is 0. The van der Waals surface area contributed by atoms with Crippen LogP contribution in [0.15, 0.2) is 54.7 Å². The average Bonchev–Trinajstić information content (AvgIpc) is 2.96. The Bertz CT molecular complexity index is 835. The number of carbonyl (C=O) groups is 1. The Hall–Kier alpha value is -2.95. The molecule has 3 aromatic rings. The number of aromatic nitrogens is 2. The van der Waals surface area contributed by atoms with Gasteiger partial charge in [0.1, 0.15) is 5.82 Å². The van der Waals surface area contributed by atoms with Gasteiger partial charge in [0.15, 0.2) is 0 Å². The molecule has 0 unspecified atom stereocenters. The molecule has 5 heteroatoms. The summed E-state index contributed by atoms with van der Waals surface area (Å²) < 4.78 is 15.0. The molecule has 0 radical (unpaired) electrons. The molecule has 0 aliphatic heterocycles. The molecule has 3 rings (SSSR count). The topological polar surface area (TPSA) is 55.1 Å². The first-order valence-electron chi connectivity index (χ1n) is 6.70. The van der Waals surface area contributed by atoms with Crippen LogP contribution in [0.25, 0.3) is 16.9 Å². The van der Waals surface area contributed by atoms with E-state index >= 15 is 0 Å². The quantitative estimate of drug-likeness (QED) is 0.802. The van der Waals surface area contributed by atoms with Crippen LogP contribution in [-0.4, -0.2) is 20.9 Å². The molecule has 2 aromatic carbocycles. The lowest BCUT2D eigenvalue weighted by molar-refractivity contribution is 0.0697. The normalized spacial score (nSPS) is 10.6. The first-order chi connectivity index (χ1) is 10.5. The van der Waals surface area contributed by atoms with Gasteiger partial charge in [0, 0.05) is 11.8 Å². The summed E-state index contributed by atoms with van der Waals surface area (Å²) in [6.07, 6.45) is 1.72. The minimum absolute atomic E-state index is 0.202. The van der Waals surface area contributed by atoms with Crippen LogP contribution in [0.2, 0.25) is 0 Å². The standard InChI is InChI=1S/C17H13FN2O2/c1-11-7-14(18)10-15(8-11)20-6-5-16(19-20)12-3-2-4-13(9-12)17(21)22/h2-10H,1H3,(H,21,22). The Labute approximate surface area is 126 Å². The Morgan fingerprint density at radius 3 is 2.73 bits per heavy atom. The second-order valence-electron chi connectivity index (χ2n) is 5.02. The molecule has 110 valence electrons. The third kappa shape index (κ3) is 2.74. The minimum Gasteiger partial charge on any atom is -0.478 e. The molecule has 0 aliphatic carbocycles. The zero-order valence-corrected chi connectivity index (χ0v) is 11.8. The Morgan fingerprint density at radius 1 is 1.18 bits per heavy atom. The van der Waals surface area contributed by atoms with Crippen molar-refractivity contribution in [2.75, 3.05) is 0 Å². The van der Waals surface area contributed by atoms with Crippen LogP contribution >= 0.6 is 0 Å². The Kier molecular flexibility index (Phi) is 3.47. The van der Waals surface area contributed by atoms with Crippen LogP contribution < -0.4 is 0 Å². The molecule has 1 N–H and O–H groups in total. The maximum Gasteiger partial charge on any atom is 0.335 e. The number of rotatable bonds is 3. The van der Waals surface area contributed by atoms with E-state index in [9.17, 15) is 9.18 Å². The molecule has 0 atom stereocenters. The van der Waals surface area contributed by atoms with Gasteiger partial charge in [-0.05, 0) is 48.9 Å². The van der Waals surface area contributed by atoms with E-state index < -0.39 is 5.97 Å². The molecular formula is C17H13FN2O2. The summed E-state index contributed by atoms with van der Waals surface area (Å²) >= 11 is 0. The fraction of sp³-hybridized carbons (Fsp3) is 0.0588. The molecule has 1 aromatic heterocycles. The van der Waals surface area contributed by atoms with E-state index in [-0.39, 0.29) is 11.4 Å². The molecule has 22 heavy (non-hydrogen) atoms. The van der Waals surface area contributed by atoms with Gasteiger partial charge in [0.05, 0.1) is 16.9 Å². The van der Waals surface area contributed by atoms with E-state index in [2.05, 4.69) is 5.10 Å². The number of hydrogen-bond donors (Lipinski definition) is 1. The molecule has 0 fully saturated rings. The highest BCUT2D eigenvalue weighted by molar-refractivity contribution is 5.89. The first-order valence-corrected chi connectivity index (χ1v) is 6.70. The SMILES string of the molecule is Cc1cc(F)cc(-n2ccc(-c3cccc(C(=O)O)c3)n2)c1. The van der Waals surface area contributed by atoms with Gasteiger partial charge in [-0.15, -0.1) is 0 Å². The van der Waals surface area contributed by atoms with Crippen molar-refractivity contribution in [3.63, 3.8) is 0 Å². The molecule has 0 aliphatic rings. The third-order valence-corrected chi connectivity index (χ3v) is 3.29. The van der Waals surface area contributed by atoms with Crippen LogP contribution in [0.3, 0.4) is 0 Å². The number of aromatic carboxylic acids is 1. The minimum atomic E-state index is -0.984. The van der Waals surface area contributed by atoms with Crippen LogP contribution in [0.4, 0.5) is 4.39 Å². The van der Waals surface area contributed by atoms with Crippen LogP contribution in [0.1, 0.15) is 15.9 Å².